The van der Waals surface area contributed by atoms with Crippen LogP contribution in [-0.2, 0) is 31.7 Å². The lowest BCUT2D eigenvalue weighted by atomic mass is 9.64. The molecule has 7 nitrogen and oxygen atoms in total. The molecule has 3 unspecified atom stereocenters. The second kappa shape index (κ2) is 12.1. The Kier molecular flexibility index (Phi) is 7.62. The number of amidine groups is 1. The molecular weight excluding hydrogens is 631 g/mol. The Hall–Kier alpha value is -5.57. The summed E-state index contributed by atoms with van der Waals surface area (Å²) >= 11 is 0. The van der Waals surface area contributed by atoms with Gasteiger partial charge in [-0.05, 0) is 64.2 Å². The summed E-state index contributed by atoms with van der Waals surface area (Å²) in [7, 11) is -4.22. The number of nitrogens with zero attached hydrogens (tertiary/aromatic N) is 2. The predicted molar refractivity (Wildman–Crippen MR) is 191 cm³/mol. The standard InChI is InChI=1S/C41H33N3O4S/c1-28-20-24-34(25-21-28)49(46,47)43-40-41(35-18-10-11-19-36(35)42-40)37(31-15-6-3-7-16-31)39(45)44(48-27-29-12-4-2-5-13-29)38(41)33-23-22-30-14-8-9-17-32(30)26-33/h2-26,37-38H,27H2,1H3,(H,42,43). The zero-order valence-corrected chi connectivity index (χ0v) is 27.5. The summed E-state index contributed by atoms with van der Waals surface area (Å²) in [6.45, 7) is 2.04. The number of rotatable bonds is 7. The fourth-order valence-corrected chi connectivity index (χ4v) is 8.36. The second-order valence-corrected chi connectivity index (χ2v) is 14.1. The number of carbonyl (C=O) groups is 1. The largest absolute Gasteiger partial charge is 0.342 e. The Bertz CT molecular complexity index is 2330. The Labute approximate surface area is 285 Å². The maximum absolute atomic E-state index is 15.1. The fraction of sp³-hybridized carbons (Fsp3) is 0.122. The summed E-state index contributed by atoms with van der Waals surface area (Å²) < 4.78 is 32.9. The highest BCUT2D eigenvalue weighted by Crippen LogP contribution is 2.62. The van der Waals surface area contributed by atoms with Crippen LogP contribution in [0.15, 0.2) is 161 Å². The topological polar surface area (TPSA) is 88.1 Å². The molecule has 3 atom stereocenters. The Balaban J connectivity index is 1.42. The van der Waals surface area contributed by atoms with Gasteiger partial charge >= 0.3 is 0 Å². The Morgan fingerprint density at radius 3 is 2.14 bits per heavy atom. The number of amides is 1. The third-order valence-corrected chi connectivity index (χ3v) is 10.9. The van der Waals surface area contributed by atoms with Crippen molar-refractivity contribution in [2.24, 2.45) is 4.40 Å². The van der Waals surface area contributed by atoms with E-state index in [-0.39, 0.29) is 23.2 Å². The third kappa shape index (κ3) is 5.21. The molecule has 2 aliphatic rings. The summed E-state index contributed by atoms with van der Waals surface area (Å²) in [5.41, 5.74) is 3.46. The average Bonchev–Trinajstić information content (AvgIpc) is 3.58. The van der Waals surface area contributed by atoms with Gasteiger partial charge in [-0.15, -0.1) is 4.40 Å². The van der Waals surface area contributed by atoms with Crippen LogP contribution in [0, 0.1) is 6.92 Å². The zero-order valence-electron chi connectivity index (χ0n) is 26.7. The lowest BCUT2D eigenvalue weighted by Gasteiger charge is -2.37. The van der Waals surface area contributed by atoms with Gasteiger partial charge in [-0.2, -0.15) is 8.42 Å². The van der Waals surface area contributed by atoms with Crippen LogP contribution >= 0.6 is 0 Å². The molecule has 8 heteroatoms. The van der Waals surface area contributed by atoms with E-state index >= 15 is 4.79 Å². The highest BCUT2D eigenvalue weighted by Gasteiger charge is 2.67. The van der Waals surface area contributed by atoms with Crippen molar-refractivity contribution in [3.05, 3.63) is 179 Å². The Morgan fingerprint density at radius 1 is 0.735 bits per heavy atom. The number of benzene rings is 6. The van der Waals surface area contributed by atoms with Crippen molar-refractivity contribution in [2.45, 2.75) is 35.8 Å². The van der Waals surface area contributed by atoms with Crippen LogP contribution in [0.2, 0.25) is 0 Å². The number of fused-ring (bicyclic) bond motifs is 3. The van der Waals surface area contributed by atoms with Crippen LogP contribution in [-0.4, -0.2) is 25.2 Å². The van der Waals surface area contributed by atoms with Crippen molar-refractivity contribution in [1.82, 2.24) is 5.06 Å². The van der Waals surface area contributed by atoms with Gasteiger partial charge in [-0.3, -0.25) is 9.63 Å². The maximum atomic E-state index is 15.1. The smallest absolute Gasteiger partial charge is 0.283 e. The SMILES string of the molecule is Cc1ccc(S(=O)(=O)/N=C2\Nc3ccccc3C23C(c2ccccc2)C(=O)N(OCc2ccccc2)C3c2ccc3ccccc3c2)cc1. The molecule has 0 saturated carbocycles. The minimum absolute atomic E-state index is 0.0681. The molecule has 1 saturated heterocycles. The molecule has 0 aliphatic carbocycles. The number of sulfonamides is 1. The van der Waals surface area contributed by atoms with Crippen molar-refractivity contribution < 1.29 is 18.0 Å². The Morgan fingerprint density at radius 2 is 1.39 bits per heavy atom. The van der Waals surface area contributed by atoms with E-state index in [9.17, 15) is 8.42 Å². The first-order valence-electron chi connectivity index (χ1n) is 16.2. The van der Waals surface area contributed by atoms with Crippen LogP contribution in [0.3, 0.4) is 0 Å². The van der Waals surface area contributed by atoms with Gasteiger partial charge in [-0.25, -0.2) is 5.06 Å². The van der Waals surface area contributed by atoms with E-state index < -0.39 is 27.4 Å². The minimum Gasteiger partial charge on any atom is -0.342 e. The van der Waals surface area contributed by atoms with Gasteiger partial charge in [0.05, 0.1) is 16.2 Å². The van der Waals surface area contributed by atoms with Crippen LogP contribution < -0.4 is 5.32 Å². The molecule has 49 heavy (non-hydrogen) atoms. The first kappa shape index (κ1) is 30.7. The van der Waals surface area contributed by atoms with E-state index in [1.54, 1.807) is 24.3 Å². The predicted octanol–water partition coefficient (Wildman–Crippen LogP) is 8.10. The maximum Gasteiger partial charge on any atom is 0.283 e. The molecule has 2 heterocycles. The molecule has 242 valence electrons. The lowest BCUT2D eigenvalue weighted by molar-refractivity contribution is -0.198. The van der Waals surface area contributed by atoms with Crippen LogP contribution in [0.1, 0.15) is 39.8 Å². The van der Waals surface area contributed by atoms with Crippen LogP contribution in [0.25, 0.3) is 10.8 Å². The van der Waals surface area contributed by atoms with E-state index in [0.717, 1.165) is 38.6 Å². The molecule has 0 aromatic heterocycles. The highest BCUT2D eigenvalue weighted by molar-refractivity contribution is 7.90. The van der Waals surface area contributed by atoms with Crippen molar-refractivity contribution in [1.29, 1.82) is 0 Å². The molecule has 1 N–H and O–H groups in total. The van der Waals surface area contributed by atoms with E-state index in [4.69, 9.17) is 4.84 Å². The number of hydrogen-bond acceptors (Lipinski definition) is 4. The van der Waals surface area contributed by atoms with Gasteiger partial charge in [-0.1, -0.05) is 133 Å². The molecular formula is C41H33N3O4S. The quantitative estimate of drug-likeness (QED) is 0.187. The van der Waals surface area contributed by atoms with E-state index in [2.05, 4.69) is 15.8 Å². The molecule has 2 aliphatic heterocycles. The van der Waals surface area contributed by atoms with E-state index in [0.29, 0.717) is 5.69 Å². The third-order valence-electron chi connectivity index (χ3n) is 9.57. The van der Waals surface area contributed by atoms with Crippen LogP contribution in [0.4, 0.5) is 5.69 Å². The molecule has 8 rings (SSSR count). The molecule has 1 fully saturated rings. The van der Waals surface area contributed by atoms with E-state index in [1.807, 2.05) is 128 Å². The number of hydroxylamine groups is 2. The van der Waals surface area contributed by atoms with Gasteiger partial charge < -0.3 is 5.32 Å². The zero-order chi connectivity index (χ0) is 33.6. The molecule has 0 bridgehead atoms. The summed E-state index contributed by atoms with van der Waals surface area (Å²) in [6.07, 6.45) is 0. The number of para-hydroxylation sites is 1. The number of nitrogens with one attached hydrogen (secondary N) is 1. The van der Waals surface area contributed by atoms with Crippen molar-refractivity contribution in [3.63, 3.8) is 0 Å². The second-order valence-electron chi connectivity index (χ2n) is 12.5. The monoisotopic (exact) mass is 663 g/mol. The first-order valence-corrected chi connectivity index (χ1v) is 17.6. The first-order chi connectivity index (χ1) is 23.9. The molecule has 1 amide bonds. The average molecular weight is 664 g/mol. The summed E-state index contributed by atoms with van der Waals surface area (Å²) in [5.74, 6) is -1.01. The van der Waals surface area contributed by atoms with Crippen LogP contribution in [0.5, 0.6) is 0 Å². The van der Waals surface area contributed by atoms with Crippen molar-refractivity contribution in [3.8, 4) is 0 Å². The normalized spacial score (nSPS) is 21.0. The molecule has 1 spiro atoms. The summed E-state index contributed by atoms with van der Waals surface area (Å²) in [5, 5.41) is 6.89. The van der Waals surface area contributed by atoms with Gasteiger partial charge in [0.2, 0.25) is 0 Å². The fourth-order valence-electron chi connectivity index (χ4n) is 7.34. The number of aryl methyl sites for hydroxylation is 1. The highest BCUT2D eigenvalue weighted by atomic mass is 32.2. The van der Waals surface area contributed by atoms with Crippen molar-refractivity contribution in [2.75, 3.05) is 5.32 Å². The lowest BCUT2D eigenvalue weighted by Crippen LogP contribution is -2.44. The minimum atomic E-state index is -4.22. The van der Waals surface area contributed by atoms with Gasteiger partial charge in [0, 0.05) is 5.69 Å². The number of hydrogen-bond donors (Lipinski definition) is 1. The van der Waals surface area contributed by atoms with Gasteiger partial charge in [0.25, 0.3) is 15.9 Å². The molecule has 6 aromatic carbocycles. The van der Waals surface area contributed by atoms with Gasteiger partial charge in [0.15, 0.2) is 0 Å². The summed E-state index contributed by atoms with van der Waals surface area (Å²) in [6, 6.07) is 46.8. The van der Waals surface area contributed by atoms with E-state index in [1.165, 1.54) is 5.06 Å². The number of carbonyl (C=O) groups excluding carboxylic acids is 1. The number of anilines is 1. The van der Waals surface area contributed by atoms with Crippen molar-refractivity contribution >= 4 is 38.2 Å². The molecule has 0 radical (unpaired) electrons. The van der Waals surface area contributed by atoms with Gasteiger partial charge in [0.1, 0.15) is 18.5 Å². The molecule has 6 aromatic rings. The summed E-state index contributed by atoms with van der Waals surface area (Å²) in [4.78, 5) is 21.8.